The Hall–Kier alpha value is -3.60. The molecule has 1 N–H and O–H groups in total. The van der Waals surface area contributed by atoms with Crippen molar-refractivity contribution in [3.05, 3.63) is 71.8 Å². The zero-order valence-electron chi connectivity index (χ0n) is 14.1. The van der Waals surface area contributed by atoms with Crippen molar-refractivity contribution in [3.63, 3.8) is 0 Å². The number of phenols is 1. The summed E-state index contributed by atoms with van der Waals surface area (Å²) in [7, 11) is 1.44. The molecule has 0 aliphatic heterocycles. The van der Waals surface area contributed by atoms with E-state index in [1.54, 1.807) is 6.07 Å². The van der Waals surface area contributed by atoms with E-state index in [9.17, 15) is 9.90 Å². The maximum Gasteiger partial charge on any atom is 0.166 e. The Morgan fingerprint density at radius 2 is 1.62 bits per heavy atom. The first-order chi connectivity index (χ1) is 12.7. The molecule has 5 heteroatoms. The largest absolute Gasteiger partial charge is 0.504 e. The highest BCUT2D eigenvalue weighted by molar-refractivity contribution is 6.08. The molecule has 0 bridgehead atoms. The van der Waals surface area contributed by atoms with Crippen LogP contribution in [0.4, 0.5) is 0 Å². The summed E-state index contributed by atoms with van der Waals surface area (Å²) in [4.78, 5) is 11.1. The van der Waals surface area contributed by atoms with Crippen molar-refractivity contribution < 1.29 is 14.6 Å². The van der Waals surface area contributed by atoms with Gasteiger partial charge in [0, 0.05) is 21.9 Å². The van der Waals surface area contributed by atoms with Gasteiger partial charge < -0.3 is 9.84 Å². The van der Waals surface area contributed by atoms with Crippen LogP contribution in [0.25, 0.3) is 21.8 Å². The normalized spacial score (nSPS) is 11.4. The van der Waals surface area contributed by atoms with Crippen molar-refractivity contribution in [2.45, 2.75) is 0 Å². The minimum atomic E-state index is -0.0531. The van der Waals surface area contributed by atoms with Crippen LogP contribution in [0, 0.1) is 0 Å². The fourth-order valence-corrected chi connectivity index (χ4v) is 3.12. The molecule has 1 heterocycles. The van der Waals surface area contributed by atoms with E-state index in [4.69, 9.17) is 4.74 Å². The third kappa shape index (κ3) is 2.50. The van der Waals surface area contributed by atoms with Crippen molar-refractivity contribution in [3.8, 4) is 11.5 Å². The van der Waals surface area contributed by atoms with Crippen LogP contribution >= 0.6 is 0 Å². The number of carbonyl (C=O) groups is 1. The summed E-state index contributed by atoms with van der Waals surface area (Å²) in [6.45, 7) is 0. The van der Waals surface area contributed by atoms with E-state index in [2.05, 4.69) is 17.2 Å². The van der Waals surface area contributed by atoms with Gasteiger partial charge in [-0.25, -0.2) is 4.68 Å². The summed E-state index contributed by atoms with van der Waals surface area (Å²) in [5, 5.41) is 17.1. The summed E-state index contributed by atoms with van der Waals surface area (Å²) in [5.41, 5.74) is 2.74. The molecule has 1 aromatic heterocycles. The van der Waals surface area contributed by atoms with E-state index < -0.39 is 0 Å². The fourth-order valence-electron chi connectivity index (χ4n) is 3.12. The number of carbonyl (C=O) groups excluding carboxylic acids is 1. The van der Waals surface area contributed by atoms with E-state index in [1.165, 1.54) is 19.4 Å². The highest BCUT2D eigenvalue weighted by Crippen LogP contribution is 2.31. The molecule has 0 atom stereocenters. The van der Waals surface area contributed by atoms with Crippen LogP contribution in [-0.2, 0) is 0 Å². The molecule has 0 amide bonds. The first-order valence-electron chi connectivity index (χ1n) is 8.11. The van der Waals surface area contributed by atoms with Gasteiger partial charge in [-0.1, -0.05) is 36.4 Å². The second kappa shape index (κ2) is 6.37. The molecule has 0 radical (unpaired) electrons. The second-order valence-corrected chi connectivity index (χ2v) is 5.87. The lowest BCUT2D eigenvalue weighted by Crippen LogP contribution is -1.95. The number of methoxy groups -OCH3 is 1. The number of aldehydes is 1. The van der Waals surface area contributed by atoms with Gasteiger partial charge in [0.2, 0.25) is 0 Å². The van der Waals surface area contributed by atoms with Gasteiger partial charge in [0.15, 0.2) is 11.5 Å². The Labute approximate surface area is 149 Å². The Kier molecular flexibility index (Phi) is 3.89. The van der Waals surface area contributed by atoms with Gasteiger partial charge in [-0.05, 0) is 24.3 Å². The number of aromatic nitrogens is 1. The van der Waals surface area contributed by atoms with Gasteiger partial charge in [0.05, 0.1) is 24.4 Å². The van der Waals surface area contributed by atoms with Gasteiger partial charge >= 0.3 is 0 Å². The molecule has 128 valence electrons. The van der Waals surface area contributed by atoms with Crippen molar-refractivity contribution in [1.82, 2.24) is 4.68 Å². The number of fused-ring (bicyclic) bond motifs is 3. The van der Waals surface area contributed by atoms with Gasteiger partial charge in [-0.15, -0.1) is 0 Å². The van der Waals surface area contributed by atoms with Crippen molar-refractivity contribution in [2.24, 2.45) is 5.10 Å². The number of rotatable bonds is 4. The first-order valence-corrected chi connectivity index (χ1v) is 8.11. The smallest absolute Gasteiger partial charge is 0.166 e. The molecule has 0 aliphatic carbocycles. The lowest BCUT2D eigenvalue weighted by atomic mass is 10.1. The molecule has 0 spiro atoms. The van der Waals surface area contributed by atoms with Crippen LogP contribution in [0.2, 0.25) is 0 Å². The molecule has 5 nitrogen and oxygen atoms in total. The second-order valence-electron chi connectivity index (χ2n) is 5.87. The zero-order chi connectivity index (χ0) is 18.1. The molecule has 3 aromatic carbocycles. The Morgan fingerprint density at radius 1 is 1.00 bits per heavy atom. The predicted octanol–water partition coefficient (Wildman–Crippen LogP) is 4.20. The Morgan fingerprint density at radius 3 is 2.19 bits per heavy atom. The van der Waals surface area contributed by atoms with Gasteiger partial charge in [0.25, 0.3) is 0 Å². The highest BCUT2D eigenvalue weighted by Gasteiger charge is 2.11. The lowest BCUT2D eigenvalue weighted by Gasteiger charge is -2.07. The Bertz CT molecular complexity index is 1110. The monoisotopic (exact) mass is 344 g/mol. The molecule has 0 aliphatic rings. The van der Waals surface area contributed by atoms with Gasteiger partial charge in [-0.3, -0.25) is 4.79 Å². The van der Waals surface area contributed by atoms with Gasteiger partial charge in [-0.2, -0.15) is 5.10 Å². The summed E-state index contributed by atoms with van der Waals surface area (Å²) in [5.74, 6) is 0.181. The molecule has 0 saturated heterocycles. The minimum absolute atomic E-state index is 0.0531. The number of phenolic OH excluding ortho intramolecular Hbond substituents is 1. The molecule has 4 aromatic rings. The molecule has 4 rings (SSSR count). The fraction of sp³-hybridized carbons (Fsp3) is 0.0476. The lowest BCUT2D eigenvalue weighted by molar-refractivity contribution is 0.112. The topological polar surface area (TPSA) is 63.8 Å². The highest BCUT2D eigenvalue weighted by atomic mass is 16.5. The van der Waals surface area contributed by atoms with Gasteiger partial charge in [0.1, 0.15) is 6.29 Å². The van der Waals surface area contributed by atoms with E-state index in [0.29, 0.717) is 17.4 Å². The Balaban J connectivity index is 1.91. The van der Waals surface area contributed by atoms with Crippen LogP contribution in [0.5, 0.6) is 11.5 Å². The third-order valence-corrected chi connectivity index (χ3v) is 4.35. The summed E-state index contributed by atoms with van der Waals surface area (Å²) in [6, 6.07) is 19.1. The molecule has 26 heavy (non-hydrogen) atoms. The van der Waals surface area contributed by atoms with E-state index in [0.717, 1.165) is 21.8 Å². The minimum Gasteiger partial charge on any atom is -0.504 e. The van der Waals surface area contributed by atoms with Crippen LogP contribution in [0.15, 0.2) is 65.8 Å². The van der Waals surface area contributed by atoms with Crippen LogP contribution in [0.3, 0.4) is 0 Å². The SMILES string of the molecule is COc1cc(C=O)cc(C=Nn2c3ccccc3c3ccccc32)c1O. The number of hydrogen-bond donors (Lipinski definition) is 1. The maximum absolute atomic E-state index is 11.1. The number of benzene rings is 3. The standard InChI is InChI=1S/C21H16N2O3/c1-26-20-11-14(13-24)10-15(21(20)25)12-22-23-18-8-4-2-6-16(18)17-7-3-5-9-19(17)23/h2-13,25H,1H3. The van der Waals surface area contributed by atoms with E-state index in [1.807, 2.05) is 41.1 Å². The van der Waals surface area contributed by atoms with Crippen molar-refractivity contribution >= 4 is 34.3 Å². The number of nitrogens with zero attached hydrogens (tertiary/aromatic N) is 2. The zero-order valence-corrected chi connectivity index (χ0v) is 14.1. The van der Waals surface area contributed by atoms with Crippen molar-refractivity contribution in [1.29, 1.82) is 0 Å². The molecular formula is C21H16N2O3. The number of aromatic hydroxyl groups is 1. The van der Waals surface area contributed by atoms with Crippen molar-refractivity contribution in [2.75, 3.05) is 7.11 Å². The molecule has 0 saturated carbocycles. The average Bonchev–Trinajstić information content (AvgIpc) is 3.01. The van der Waals surface area contributed by atoms with Crippen LogP contribution in [0.1, 0.15) is 15.9 Å². The third-order valence-electron chi connectivity index (χ3n) is 4.35. The summed E-state index contributed by atoms with van der Waals surface area (Å²) in [6.07, 6.45) is 2.24. The maximum atomic E-state index is 11.1. The predicted molar refractivity (Wildman–Crippen MR) is 102 cm³/mol. The number of ether oxygens (including phenoxy) is 1. The number of hydrogen-bond acceptors (Lipinski definition) is 4. The van der Waals surface area contributed by atoms with E-state index in [-0.39, 0.29) is 11.5 Å². The van der Waals surface area contributed by atoms with Crippen LogP contribution in [-0.4, -0.2) is 29.4 Å². The molecule has 0 fully saturated rings. The summed E-state index contributed by atoms with van der Waals surface area (Å²) >= 11 is 0. The molecule has 0 unspecified atom stereocenters. The molecular weight excluding hydrogens is 328 g/mol. The number of para-hydroxylation sites is 2. The summed E-state index contributed by atoms with van der Waals surface area (Å²) < 4.78 is 6.95. The van der Waals surface area contributed by atoms with Crippen LogP contribution < -0.4 is 4.74 Å². The van der Waals surface area contributed by atoms with E-state index >= 15 is 0 Å². The average molecular weight is 344 g/mol. The quantitative estimate of drug-likeness (QED) is 0.446. The first kappa shape index (κ1) is 15.9.